The van der Waals surface area contributed by atoms with E-state index in [2.05, 4.69) is 0 Å². The lowest BCUT2D eigenvalue weighted by Gasteiger charge is -1.99. The van der Waals surface area contributed by atoms with Gasteiger partial charge in [0.25, 0.3) is 0 Å². The van der Waals surface area contributed by atoms with E-state index in [4.69, 9.17) is 16.9 Å². The third-order valence-electron chi connectivity index (χ3n) is 1.78. The van der Waals surface area contributed by atoms with Crippen LogP contribution in [0.3, 0.4) is 0 Å². The lowest BCUT2D eigenvalue weighted by molar-refractivity contribution is 0.482. The van der Waals surface area contributed by atoms with Crippen LogP contribution in [-0.4, -0.2) is 5.11 Å². The van der Waals surface area contributed by atoms with Crippen LogP contribution in [0.25, 0.3) is 10.1 Å². The summed E-state index contributed by atoms with van der Waals surface area (Å²) in [7, 11) is 0. The average molecular weight is 210 g/mol. The second-order valence-corrected chi connectivity index (χ2v) is 3.85. The van der Waals surface area contributed by atoms with Crippen LogP contribution >= 0.6 is 22.9 Å². The molecule has 0 saturated heterocycles. The molecule has 0 fully saturated rings. The Kier molecular flexibility index (Phi) is 1.87. The highest BCUT2D eigenvalue weighted by atomic mass is 35.5. The summed E-state index contributed by atoms with van der Waals surface area (Å²) in [4.78, 5) is 0. The number of nitriles is 1. The number of fused-ring (bicyclic) bond motifs is 1. The summed E-state index contributed by atoms with van der Waals surface area (Å²) in [6.45, 7) is 0. The molecule has 13 heavy (non-hydrogen) atoms. The number of benzene rings is 1. The number of nitrogens with zero attached hydrogens (tertiary/aromatic N) is 1. The van der Waals surface area contributed by atoms with Crippen LogP contribution in [0.1, 0.15) is 5.56 Å². The molecule has 0 bridgehead atoms. The second kappa shape index (κ2) is 2.91. The average Bonchev–Trinajstić information content (AvgIpc) is 2.53. The first kappa shape index (κ1) is 8.36. The van der Waals surface area contributed by atoms with E-state index in [0.717, 1.165) is 5.39 Å². The molecule has 0 aliphatic rings. The fourth-order valence-electron chi connectivity index (χ4n) is 1.20. The molecule has 2 rings (SSSR count). The highest BCUT2D eigenvalue weighted by Gasteiger charge is 2.10. The number of rotatable bonds is 0. The van der Waals surface area contributed by atoms with E-state index in [9.17, 15) is 5.11 Å². The summed E-state index contributed by atoms with van der Waals surface area (Å²) < 4.78 is 0.709. The molecule has 0 saturated carbocycles. The molecule has 0 spiro atoms. The highest BCUT2D eigenvalue weighted by molar-refractivity contribution is 7.17. The van der Waals surface area contributed by atoms with Gasteiger partial charge in [-0.15, -0.1) is 11.3 Å². The molecule has 1 N–H and O–H groups in total. The van der Waals surface area contributed by atoms with E-state index >= 15 is 0 Å². The summed E-state index contributed by atoms with van der Waals surface area (Å²) >= 11 is 7.18. The van der Waals surface area contributed by atoms with E-state index in [0.29, 0.717) is 15.3 Å². The fraction of sp³-hybridized carbons (Fsp3) is 0. The predicted octanol–water partition coefficient (Wildman–Crippen LogP) is 3.13. The van der Waals surface area contributed by atoms with Crippen LogP contribution in [0.5, 0.6) is 5.75 Å². The molecular weight excluding hydrogens is 206 g/mol. The quantitative estimate of drug-likeness (QED) is 0.725. The Bertz CT molecular complexity index is 512. The number of thiophene rings is 1. The molecule has 2 nitrogen and oxygen atoms in total. The number of hydrogen-bond acceptors (Lipinski definition) is 3. The minimum absolute atomic E-state index is 0.133. The fourth-order valence-corrected chi connectivity index (χ4v) is 2.27. The maximum atomic E-state index is 9.48. The van der Waals surface area contributed by atoms with Gasteiger partial charge < -0.3 is 5.11 Å². The molecule has 0 atom stereocenters. The van der Waals surface area contributed by atoms with Crippen LogP contribution in [0.2, 0.25) is 5.02 Å². The van der Waals surface area contributed by atoms with Gasteiger partial charge in [-0.2, -0.15) is 5.26 Å². The van der Waals surface area contributed by atoms with Crippen LogP contribution in [0, 0.1) is 11.3 Å². The van der Waals surface area contributed by atoms with Gasteiger partial charge in [-0.05, 0) is 11.4 Å². The smallest absolute Gasteiger partial charge is 0.134 e. The van der Waals surface area contributed by atoms with Crippen molar-refractivity contribution in [2.75, 3.05) is 0 Å². The Hall–Kier alpha value is -1.24. The van der Waals surface area contributed by atoms with Crippen molar-refractivity contribution in [3.8, 4) is 11.8 Å². The largest absolute Gasteiger partial charge is 0.506 e. The molecule has 2 aromatic rings. The summed E-state index contributed by atoms with van der Waals surface area (Å²) in [6.07, 6.45) is 0. The topological polar surface area (TPSA) is 44.0 Å². The molecule has 0 unspecified atom stereocenters. The molecule has 4 heteroatoms. The molecule has 1 heterocycles. The molecule has 64 valence electrons. The Morgan fingerprint density at radius 3 is 3.00 bits per heavy atom. The van der Waals surface area contributed by atoms with Crippen molar-refractivity contribution in [3.05, 3.63) is 28.1 Å². The Morgan fingerprint density at radius 1 is 1.54 bits per heavy atom. The molecule has 0 radical (unpaired) electrons. The maximum absolute atomic E-state index is 9.48. The number of phenolic OH excluding ortho intramolecular Hbond substituents is 1. The molecule has 1 aromatic heterocycles. The van der Waals surface area contributed by atoms with Gasteiger partial charge in [-0.3, -0.25) is 0 Å². The van der Waals surface area contributed by atoms with Gasteiger partial charge >= 0.3 is 0 Å². The maximum Gasteiger partial charge on any atom is 0.134 e. The van der Waals surface area contributed by atoms with Crippen LogP contribution in [-0.2, 0) is 0 Å². The van der Waals surface area contributed by atoms with E-state index in [-0.39, 0.29) is 5.75 Å². The minimum Gasteiger partial charge on any atom is -0.506 e. The van der Waals surface area contributed by atoms with Crippen molar-refractivity contribution in [1.29, 1.82) is 5.26 Å². The molecule has 1 aromatic carbocycles. The summed E-state index contributed by atoms with van der Waals surface area (Å²) in [5.74, 6) is 0.133. The lowest BCUT2D eigenvalue weighted by Crippen LogP contribution is -1.78. The van der Waals surface area contributed by atoms with Crippen LogP contribution in [0.4, 0.5) is 0 Å². The van der Waals surface area contributed by atoms with Crippen molar-refractivity contribution in [1.82, 2.24) is 0 Å². The van der Waals surface area contributed by atoms with Crippen LogP contribution in [0.15, 0.2) is 17.5 Å². The normalized spacial score (nSPS) is 10.2. The third-order valence-corrected chi connectivity index (χ3v) is 3.02. The van der Waals surface area contributed by atoms with Crippen molar-refractivity contribution in [3.63, 3.8) is 0 Å². The Labute approximate surface area is 83.6 Å². The summed E-state index contributed by atoms with van der Waals surface area (Å²) in [6, 6.07) is 5.20. The monoisotopic (exact) mass is 209 g/mol. The zero-order valence-electron chi connectivity index (χ0n) is 6.41. The van der Waals surface area contributed by atoms with Crippen molar-refractivity contribution in [2.45, 2.75) is 0 Å². The lowest BCUT2D eigenvalue weighted by atomic mass is 10.1. The highest BCUT2D eigenvalue weighted by Crippen LogP contribution is 2.36. The van der Waals surface area contributed by atoms with Gasteiger partial charge in [0.1, 0.15) is 11.8 Å². The zero-order chi connectivity index (χ0) is 9.42. The standard InChI is InChI=1S/C9H4ClNOS/c10-7-3-8(12)9-5(1-2-13-9)6(7)4-11/h1-3,12H. The number of phenols is 1. The summed E-state index contributed by atoms with van der Waals surface area (Å²) in [5.41, 5.74) is 0.427. The van der Waals surface area contributed by atoms with E-state index in [1.165, 1.54) is 17.4 Å². The molecular formula is C9H4ClNOS. The predicted molar refractivity (Wildman–Crippen MR) is 53.2 cm³/mol. The van der Waals surface area contributed by atoms with Gasteiger partial charge in [0.15, 0.2) is 0 Å². The Morgan fingerprint density at radius 2 is 2.31 bits per heavy atom. The van der Waals surface area contributed by atoms with Gasteiger partial charge in [-0.25, -0.2) is 0 Å². The van der Waals surface area contributed by atoms with E-state index < -0.39 is 0 Å². The van der Waals surface area contributed by atoms with Crippen molar-refractivity contribution >= 4 is 33.0 Å². The van der Waals surface area contributed by atoms with Gasteiger partial charge in [0.05, 0.1) is 15.3 Å². The second-order valence-electron chi connectivity index (χ2n) is 2.53. The number of halogens is 1. The Balaban J connectivity index is 2.99. The molecule has 0 aliphatic heterocycles. The van der Waals surface area contributed by atoms with Crippen LogP contribution < -0.4 is 0 Å². The van der Waals surface area contributed by atoms with E-state index in [1.54, 1.807) is 6.07 Å². The van der Waals surface area contributed by atoms with E-state index in [1.807, 2.05) is 11.4 Å². The van der Waals surface area contributed by atoms with Gasteiger partial charge in [0, 0.05) is 11.5 Å². The van der Waals surface area contributed by atoms with Crippen molar-refractivity contribution in [2.24, 2.45) is 0 Å². The first-order chi connectivity index (χ1) is 6.24. The zero-order valence-corrected chi connectivity index (χ0v) is 7.99. The number of aromatic hydroxyl groups is 1. The first-order valence-electron chi connectivity index (χ1n) is 3.53. The molecule has 0 aliphatic carbocycles. The van der Waals surface area contributed by atoms with Gasteiger partial charge in [0.2, 0.25) is 0 Å². The molecule has 0 amide bonds. The number of hydrogen-bond donors (Lipinski definition) is 1. The third kappa shape index (κ3) is 1.15. The van der Waals surface area contributed by atoms with Crippen molar-refractivity contribution < 1.29 is 5.11 Å². The summed E-state index contributed by atoms with van der Waals surface area (Å²) in [5, 5.41) is 21.1. The SMILES string of the molecule is N#Cc1c(Cl)cc(O)c2sccc12. The van der Waals surface area contributed by atoms with Gasteiger partial charge in [-0.1, -0.05) is 11.6 Å². The minimum atomic E-state index is 0.133. The first-order valence-corrected chi connectivity index (χ1v) is 4.78.